The van der Waals surface area contributed by atoms with E-state index in [1.807, 2.05) is 0 Å². The number of esters is 1. The first kappa shape index (κ1) is 4.97. The van der Waals surface area contributed by atoms with Crippen molar-refractivity contribution < 1.29 is 14.3 Å². The van der Waals surface area contributed by atoms with Gasteiger partial charge in [-0.05, 0) is 0 Å². The van der Waals surface area contributed by atoms with Crippen molar-refractivity contribution >= 4 is 11.8 Å². The number of carbonyl (C=O) groups is 2. The third kappa shape index (κ3) is 0.515. The fraction of sp³-hybridized carbons (Fsp3) is 0.667. The Bertz CT molecular complexity index is 183. The maximum Gasteiger partial charge on any atom is 0.313 e. The summed E-state index contributed by atoms with van der Waals surface area (Å²) in [6, 6.07) is 0. The van der Waals surface area contributed by atoms with E-state index < -0.39 is 0 Å². The lowest BCUT2D eigenvalue weighted by molar-refractivity contribution is -0.179. The van der Waals surface area contributed by atoms with Gasteiger partial charge in [-0.1, -0.05) is 0 Å². The van der Waals surface area contributed by atoms with Gasteiger partial charge in [0.2, 0.25) is 0 Å². The van der Waals surface area contributed by atoms with Crippen LogP contribution in [0.25, 0.3) is 0 Å². The smallest absolute Gasteiger partial charge is 0.313 e. The molecule has 1 saturated carbocycles. The van der Waals surface area contributed by atoms with Crippen molar-refractivity contribution in [2.24, 2.45) is 5.92 Å². The summed E-state index contributed by atoms with van der Waals surface area (Å²) in [5, 5.41) is 0. The van der Waals surface area contributed by atoms with E-state index in [-0.39, 0.29) is 23.8 Å². The normalized spacial score (nSPS) is 39.6. The first-order valence-electron chi connectivity index (χ1n) is 2.99. The Morgan fingerprint density at radius 2 is 2.11 bits per heavy atom. The van der Waals surface area contributed by atoms with Crippen molar-refractivity contribution in [1.29, 1.82) is 0 Å². The fourth-order valence-corrected chi connectivity index (χ4v) is 1.35. The zero-order chi connectivity index (χ0) is 6.43. The van der Waals surface area contributed by atoms with Gasteiger partial charge in [-0.15, -0.1) is 0 Å². The van der Waals surface area contributed by atoms with Gasteiger partial charge in [0.15, 0.2) is 0 Å². The molecule has 1 aliphatic carbocycles. The third-order valence-electron chi connectivity index (χ3n) is 1.90. The number of ether oxygens (including phenoxy) is 1. The molecular formula is C6H6O3. The highest BCUT2D eigenvalue weighted by molar-refractivity contribution is 5.93. The molecule has 1 aliphatic heterocycles. The maximum atomic E-state index is 10.6. The molecule has 2 rings (SSSR count). The lowest BCUT2D eigenvalue weighted by Gasteiger charge is -2.27. The summed E-state index contributed by atoms with van der Waals surface area (Å²) in [6.07, 6.45) is 0.824. The zero-order valence-electron chi connectivity index (χ0n) is 4.79. The molecule has 3 heteroatoms. The fourth-order valence-electron chi connectivity index (χ4n) is 1.35. The second-order valence-corrected chi connectivity index (χ2v) is 2.53. The van der Waals surface area contributed by atoms with Crippen molar-refractivity contribution in [2.75, 3.05) is 0 Å². The molecule has 2 atom stereocenters. The minimum Gasteiger partial charge on any atom is -0.461 e. The van der Waals surface area contributed by atoms with E-state index in [0.29, 0.717) is 12.8 Å². The Balaban J connectivity index is 2.16. The Morgan fingerprint density at radius 1 is 1.33 bits per heavy atom. The van der Waals surface area contributed by atoms with Crippen molar-refractivity contribution in [3.05, 3.63) is 0 Å². The average molecular weight is 126 g/mol. The summed E-state index contributed by atoms with van der Waals surface area (Å²) in [4.78, 5) is 21.1. The van der Waals surface area contributed by atoms with Gasteiger partial charge in [0, 0.05) is 12.8 Å². The Morgan fingerprint density at radius 3 is 2.56 bits per heavy atom. The van der Waals surface area contributed by atoms with Crippen LogP contribution < -0.4 is 0 Å². The first-order chi connectivity index (χ1) is 4.27. The first-order valence-corrected chi connectivity index (χ1v) is 2.99. The molecule has 3 nitrogen and oxygen atoms in total. The van der Waals surface area contributed by atoms with Crippen LogP contribution in [0.5, 0.6) is 0 Å². The van der Waals surface area contributed by atoms with E-state index in [0.717, 1.165) is 0 Å². The third-order valence-corrected chi connectivity index (χ3v) is 1.90. The summed E-state index contributed by atoms with van der Waals surface area (Å²) in [7, 11) is 0. The summed E-state index contributed by atoms with van der Waals surface area (Å²) >= 11 is 0. The number of fused-ring (bicyclic) bond motifs is 1. The zero-order valence-corrected chi connectivity index (χ0v) is 4.79. The van der Waals surface area contributed by atoms with Crippen LogP contribution in [0.4, 0.5) is 0 Å². The van der Waals surface area contributed by atoms with Crippen LogP contribution in [0, 0.1) is 5.92 Å². The minimum absolute atomic E-state index is 0.0509. The largest absolute Gasteiger partial charge is 0.461 e. The molecule has 9 heavy (non-hydrogen) atoms. The van der Waals surface area contributed by atoms with Crippen molar-refractivity contribution in [1.82, 2.24) is 0 Å². The molecule has 0 N–H and O–H groups in total. The van der Waals surface area contributed by atoms with Crippen LogP contribution in [0.15, 0.2) is 0 Å². The Kier molecular flexibility index (Phi) is 0.743. The summed E-state index contributed by atoms with van der Waals surface area (Å²) in [5.74, 6) is -0.0980. The predicted molar refractivity (Wildman–Crippen MR) is 27.6 cm³/mol. The van der Waals surface area contributed by atoms with Crippen LogP contribution in [0.3, 0.4) is 0 Å². The SMILES string of the molecule is O=C1C[C@@H]2C(=O)O[C@@H]2C1. The maximum absolute atomic E-state index is 10.6. The molecule has 2 fully saturated rings. The molecule has 0 amide bonds. The molecule has 0 aromatic carbocycles. The van der Waals surface area contributed by atoms with Gasteiger partial charge in [-0.3, -0.25) is 9.59 Å². The van der Waals surface area contributed by atoms with Crippen molar-refractivity contribution in [3.8, 4) is 0 Å². The topological polar surface area (TPSA) is 43.4 Å². The molecule has 0 radical (unpaired) electrons. The number of hydrogen-bond donors (Lipinski definition) is 0. The number of carbonyl (C=O) groups excluding carboxylic acids is 2. The van der Waals surface area contributed by atoms with Gasteiger partial charge >= 0.3 is 5.97 Å². The molecule has 1 heterocycles. The Labute approximate surface area is 52.0 Å². The molecule has 48 valence electrons. The predicted octanol–water partition coefficient (Wildman–Crippen LogP) is -0.109. The molecule has 0 bridgehead atoms. The number of ketones is 1. The quantitative estimate of drug-likeness (QED) is 0.425. The number of Topliss-reactive ketones (excluding diaryl/α,β-unsaturated/α-hetero) is 1. The second-order valence-electron chi connectivity index (χ2n) is 2.53. The van der Waals surface area contributed by atoms with Crippen molar-refractivity contribution in [3.63, 3.8) is 0 Å². The van der Waals surface area contributed by atoms with Gasteiger partial charge in [0.25, 0.3) is 0 Å². The van der Waals surface area contributed by atoms with E-state index in [2.05, 4.69) is 4.74 Å². The standard InChI is InChI=1S/C6H6O3/c7-3-1-4-5(2-3)9-6(4)8/h4-5H,1-2H2/t4-,5+/m0/s1. The van der Waals surface area contributed by atoms with Gasteiger partial charge in [0.1, 0.15) is 17.8 Å². The average Bonchev–Trinajstić information content (AvgIpc) is 2.08. The van der Waals surface area contributed by atoms with E-state index >= 15 is 0 Å². The van der Waals surface area contributed by atoms with E-state index in [4.69, 9.17) is 0 Å². The van der Waals surface area contributed by atoms with Gasteiger partial charge in [-0.2, -0.15) is 0 Å². The highest BCUT2D eigenvalue weighted by atomic mass is 16.6. The van der Waals surface area contributed by atoms with E-state index in [1.165, 1.54) is 0 Å². The number of rotatable bonds is 0. The lowest BCUT2D eigenvalue weighted by Crippen LogP contribution is -2.40. The monoisotopic (exact) mass is 126 g/mol. The molecule has 0 spiro atoms. The Hall–Kier alpha value is -0.860. The van der Waals surface area contributed by atoms with Crippen LogP contribution in [-0.4, -0.2) is 17.9 Å². The minimum atomic E-state index is -0.189. The molecule has 1 saturated heterocycles. The van der Waals surface area contributed by atoms with Crippen LogP contribution >= 0.6 is 0 Å². The summed E-state index contributed by atoms with van der Waals surface area (Å²) in [6.45, 7) is 0. The summed E-state index contributed by atoms with van der Waals surface area (Å²) < 4.78 is 4.67. The highest BCUT2D eigenvalue weighted by Crippen LogP contribution is 2.34. The molecule has 0 aromatic rings. The molecule has 2 aliphatic rings. The van der Waals surface area contributed by atoms with Crippen LogP contribution in [0.2, 0.25) is 0 Å². The van der Waals surface area contributed by atoms with Crippen molar-refractivity contribution in [2.45, 2.75) is 18.9 Å². The number of hydrogen-bond acceptors (Lipinski definition) is 3. The lowest BCUT2D eigenvalue weighted by atomic mass is 10.0. The molecular weight excluding hydrogens is 120 g/mol. The molecule has 0 unspecified atom stereocenters. The van der Waals surface area contributed by atoms with Crippen LogP contribution in [0.1, 0.15) is 12.8 Å². The summed E-state index contributed by atoms with van der Waals surface area (Å²) in [5.41, 5.74) is 0. The van der Waals surface area contributed by atoms with E-state index in [9.17, 15) is 9.59 Å². The second kappa shape index (κ2) is 1.35. The van der Waals surface area contributed by atoms with Gasteiger partial charge < -0.3 is 4.74 Å². The highest BCUT2D eigenvalue weighted by Gasteiger charge is 2.49. The van der Waals surface area contributed by atoms with Gasteiger partial charge in [-0.25, -0.2) is 0 Å². The van der Waals surface area contributed by atoms with Gasteiger partial charge in [0.05, 0.1) is 0 Å². The van der Waals surface area contributed by atoms with E-state index in [1.54, 1.807) is 0 Å². The van der Waals surface area contributed by atoms with Crippen LogP contribution in [-0.2, 0) is 14.3 Å². The molecule has 0 aromatic heterocycles.